The fraction of sp³-hybridized carbons (Fsp3) is 0.333. The molecule has 0 aliphatic carbocycles. The van der Waals surface area contributed by atoms with Crippen molar-refractivity contribution in [3.05, 3.63) is 33.9 Å². The van der Waals surface area contributed by atoms with Gasteiger partial charge < -0.3 is 10.3 Å². The maximum atomic E-state index is 3.48. The van der Waals surface area contributed by atoms with Gasteiger partial charge in [-0.1, -0.05) is 22.0 Å². The van der Waals surface area contributed by atoms with Gasteiger partial charge in [0.25, 0.3) is 0 Å². The number of benzene rings is 1. The third kappa shape index (κ3) is 1.82. The number of hydrogen-bond donors (Lipinski definition) is 2. The number of halogens is 1. The molecule has 1 heterocycles. The SMILES string of the molecule is CNC(C)c1[nH]c2cc(Br)ccc2c1C. The summed E-state index contributed by atoms with van der Waals surface area (Å²) < 4.78 is 1.11. The Balaban J connectivity index is 2.63. The van der Waals surface area contributed by atoms with E-state index in [1.165, 1.54) is 22.2 Å². The highest BCUT2D eigenvalue weighted by molar-refractivity contribution is 9.10. The van der Waals surface area contributed by atoms with Crippen LogP contribution in [0, 0.1) is 6.92 Å². The van der Waals surface area contributed by atoms with Crippen LogP contribution in [0.25, 0.3) is 10.9 Å². The number of hydrogen-bond acceptors (Lipinski definition) is 1. The van der Waals surface area contributed by atoms with Crippen molar-refractivity contribution in [2.45, 2.75) is 19.9 Å². The molecule has 0 radical (unpaired) electrons. The molecule has 3 heteroatoms. The Morgan fingerprint density at radius 1 is 1.40 bits per heavy atom. The van der Waals surface area contributed by atoms with Crippen LogP contribution >= 0.6 is 15.9 Å². The maximum Gasteiger partial charge on any atom is 0.0470 e. The van der Waals surface area contributed by atoms with Gasteiger partial charge in [-0.3, -0.25) is 0 Å². The van der Waals surface area contributed by atoms with Crippen LogP contribution in [-0.4, -0.2) is 12.0 Å². The normalized spacial score (nSPS) is 13.3. The van der Waals surface area contributed by atoms with Crippen LogP contribution in [-0.2, 0) is 0 Å². The summed E-state index contributed by atoms with van der Waals surface area (Å²) >= 11 is 3.48. The molecule has 80 valence electrons. The van der Waals surface area contributed by atoms with Crippen molar-refractivity contribution in [1.82, 2.24) is 10.3 Å². The lowest BCUT2D eigenvalue weighted by Crippen LogP contribution is -2.13. The zero-order chi connectivity index (χ0) is 11.0. The van der Waals surface area contributed by atoms with Crippen molar-refractivity contribution in [2.24, 2.45) is 0 Å². The number of H-pyrrole nitrogens is 1. The average Bonchev–Trinajstić information content (AvgIpc) is 2.54. The first-order valence-electron chi connectivity index (χ1n) is 5.08. The van der Waals surface area contributed by atoms with Crippen LogP contribution in [0.15, 0.2) is 22.7 Å². The zero-order valence-corrected chi connectivity index (χ0v) is 10.8. The lowest BCUT2D eigenvalue weighted by atomic mass is 10.1. The molecule has 0 saturated heterocycles. The Morgan fingerprint density at radius 3 is 2.80 bits per heavy atom. The van der Waals surface area contributed by atoms with E-state index in [0.29, 0.717) is 6.04 Å². The number of rotatable bonds is 2. The Hall–Kier alpha value is -0.800. The van der Waals surface area contributed by atoms with Gasteiger partial charge in [-0.25, -0.2) is 0 Å². The zero-order valence-electron chi connectivity index (χ0n) is 9.19. The minimum Gasteiger partial charge on any atom is -0.357 e. The van der Waals surface area contributed by atoms with Gasteiger partial charge in [0.2, 0.25) is 0 Å². The second-order valence-corrected chi connectivity index (χ2v) is 4.78. The highest BCUT2D eigenvalue weighted by Gasteiger charge is 2.11. The summed E-state index contributed by atoms with van der Waals surface area (Å²) in [6.07, 6.45) is 0. The first kappa shape index (κ1) is 10.7. The molecule has 2 rings (SSSR count). The monoisotopic (exact) mass is 266 g/mol. The maximum absolute atomic E-state index is 3.48. The van der Waals surface area contributed by atoms with E-state index in [1.807, 2.05) is 7.05 Å². The van der Waals surface area contributed by atoms with Crippen molar-refractivity contribution < 1.29 is 0 Å². The van der Waals surface area contributed by atoms with Gasteiger partial charge >= 0.3 is 0 Å². The fourth-order valence-corrected chi connectivity index (χ4v) is 2.27. The van der Waals surface area contributed by atoms with E-state index < -0.39 is 0 Å². The first-order chi connectivity index (χ1) is 7.13. The summed E-state index contributed by atoms with van der Waals surface area (Å²) in [5.74, 6) is 0. The predicted molar refractivity (Wildman–Crippen MR) is 68.2 cm³/mol. The van der Waals surface area contributed by atoms with Gasteiger partial charge in [0.05, 0.1) is 0 Å². The smallest absolute Gasteiger partial charge is 0.0470 e. The van der Waals surface area contributed by atoms with Crippen LogP contribution in [0.2, 0.25) is 0 Å². The molecule has 2 nitrogen and oxygen atoms in total. The summed E-state index contributed by atoms with van der Waals surface area (Å²) in [5.41, 5.74) is 3.80. The van der Waals surface area contributed by atoms with Crippen LogP contribution in [0.4, 0.5) is 0 Å². The molecular formula is C12H15BrN2. The Bertz CT molecular complexity index is 488. The van der Waals surface area contributed by atoms with Crippen LogP contribution in [0.3, 0.4) is 0 Å². The van der Waals surface area contributed by atoms with E-state index in [2.05, 4.69) is 58.3 Å². The molecule has 0 bridgehead atoms. The Kier molecular flexibility index (Phi) is 2.85. The summed E-state index contributed by atoms with van der Waals surface area (Å²) in [7, 11) is 1.98. The van der Waals surface area contributed by atoms with E-state index in [9.17, 15) is 0 Å². The van der Waals surface area contributed by atoms with Gasteiger partial charge in [0, 0.05) is 27.1 Å². The minimum atomic E-state index is 0.358. The van der Waals surface area contributed by atoms with Crippen molar-refractivity contribution in [1.29, 1.82) is 0 Å². The molecule has 0 amide bonds. The van der Waals surface area contributed by atoms with Crippen molar-refractivity contribution in [2.75, 3.05) is 7.05 Å². The molecule has 0 aliphatic rings. The molecule has 0 fully saturated rings. The van der Waals surface area contributed by atoms with Gasteiger partial charge in [-0.05, 0) is 38.6 Å². The van der Waals surface area contributed by atoms with Gasteiger partial charge in [-0.2, -0.15) is 0 Å². The fourth-order valence-electron chi connectivity index (χ4n) is 1.91. The van der Waals surface area contributed by atoms with E-state index in [-0.39, 0.29) is 0 Å². The van der Waals surface area contributed by atoms with E-state index in [1.54, 1.807) is 0 Å². The Morgan fingerprint density at radius 2 is 2.13 bits per heavy atom. The number of aryl methyl sites for hydroxylation is 1. The molecule has 0 saturated carbocycles. The van der Waals surface area contributed by atoms with E-state index in [4.69, 9.17) is 0 Å². The number of aromatic amines is 1. The second kappa shape index (κ2) is 3.99. The summed E-state index contributed by atoms with van der Waals surface area (Å²) in [4.78, 5) is 3.46. The summed E-state index contributed by atoms with van der Waals surface area (Å²) in [6.45, 7) is 4.32. The molecule has 1 aromatic heterocycles. The van der Waals surface area contributed by atoms with Crippen LogP contribution < -0.4 is 5.32 Å². The van der Waals surface area contributed by atoms with Crippen molar-refractivity contribution in [3.8, 4) is 0 Å². The molecule has 1 atom stereocenters. The molecule has 1 aromatic carbocycles. The number of aromatic nitrogens is 1. The molecule has 0 spiro atoms. The van der Waals surface area contributed by atoms with Gasteiger partial charge in [0.1, 0.15) is 0 Å². The lowest BCUT2D eigenvalue weighted by Gasteiger charge is -2.08. The molecular weight excluding hydrogens is 252 g/mol. The van der Waals surface area contributed by atoms with Crippen molar-refractivity contribution in [3.63, 3.8) is 0 Å². The quantitative estimate of drug-likeness (QED) is 0.856. The second-order valence-electron chi connectivity index (χ2n) is 3.86. The van der Waals surface area contributed by atoms with Gasteiger partial charge in [-0.15, -0.1) is 0 Å². The lowest BCUT2D eigenvalue weighted by molar-refractivity contribution is 0.634. The predicted octanol–water partition coefficient (Wildman–Crippen LogP) is 3.52. The number of nitrogens with one attached hydrogen (secondary N) is 2. The third-order valence-corrected chi connectivity index (χ3v) is 3.42. The standard InChI is InChI=1S/C12H15BrN2/c1-7-10-5-4-9(13)6-11(10)15-12(7)8(2)14-3/h4-6,8,14-15H,1-3H3. The van der Waals surface area contributed by atoms with Crippen LogP contribution in [0.1, 0.15) is 24.2 Å². The van der Waals surface area contributed by atoms with Crippen molar-refractivity contribution >= 4 is 26.8 Å². The first-order valence-corrected chi connectivity index (χ1v) is 5.87. The molecule has 15 heavy (non-hydrogen) atoms. The number of fused-ring (bicyclic) bond motifs is 1. The third-order valence-electron chi connectivity index (χ3n) is 2.92. The van der Waals surface area contributed by atoms with E-state index >= 15 is 0 Å². The molecule has 2 N–H and O–H groups in total. The van der Waals surface area contributed by atoms with Crippen LogP contribution in [0.5, 0.6) is 0 Å². The largest absolute Gasteiger partial charge is 0.357 e. The Labute approximate surface area is 98.2 Å². The molecule has 2 aromatic rings. The minimum absolute atomic E-state index is 0.358. The molecule has 0 aliphatic heterocycles. The summed E-state index contributed by atoms with van der Waals surface area (Å²) in [6, 6.07) is 6.71. The highest BCUT2D eigenvalue weighted by atomic mass is 79.9. The van der Waals surface area contributed by atoms with E-state index in [0.717, 1.165) is 4.47 Å². The average molecular weight is 267 g/mol. The highest BCUT2D eigenvalue weighted by Crippen LogP contribution is 2.27. The molecule has 1 unspecified atom stereocenters. The van der Waals surface area contributed by atoms with Gasteiger partial charge in [0.15, 0.2) is 0 Å². The topological polar surface area (TPSA) is 27.8 Å². The summed E-state index contributed by atoms with van der Waals surface area (Å²) in [5, 5.41) is 4.56.